The van der Waals surface area contributed by atoms with E-state index < -0.39 is 0 Å². The SMILES string of the molecule is N#Cc1ccnc(N2CCN(C(=O)C3CCCN(c4ncccn4)C3)CC2)c1. The first-order valence-electron chi connectivity index (χ1n) is 9.66. The molecule has 0 aliphatic carbocycles. The topological polar surface area (TPSA) is 89.3 Å². The molecule has 0 N–H and O–H groups in total. The van der Waals surface area contributed by atoms with Gasteiger partial charge in [-0.15, -0.1) is 0 Å². The number of rotatable bonds is 3. The zero-order chi connectivity index (χ0) is 19.3. The number of hydrogen-bond acceptors (Lipinski definition) is 7. The summed E-state index contributed by atoms with van der Waals surface area (Å²) in [7, 11) is 0. The maximum absolute atomic E-state index is 13.1. The molecule has 0 saturated carbocycles. The summed E-state index contributed by atoms with van der Waals surface area (Å²) in [6, 6.07) is 7.46. The molecule has 2 aromatic rings. The highest BCUT2D eigenvalue weighted by atomic mass is 16.2. The maximum Gasteiger partial charge on any atom is 0.227 e. The second-order valence-electron chi connectivity index (χ2n) is 7.16. The first kappa shape index (κ1) is 18.2. The third-order valence-electron chi connectivity index (χ3n) is 5.40. The van der Waals surface area contributed by atoms with Crippen LogP contribution in [0, 0.1) is 17.2 Å². The van der Waals surface area contributed by atoms with Crippen molar-refractivity contribution >= 4 is 17.7 Å². The molecule has 2 fully saturated rings. The van der Waals surface area contributed by atoms with Gasteiger partial charge in [0.1, 0.15) is 5.82 Å². The lowest BCUT2D eigenvalue weighted by Crippen LogP contribution is -2.53. The highest BCUT2D eigenvalue weighted by Gasteiger charge is 2.32. The lowest BCUT2D eigenvalue weighted by Gasteiger charge is -2.39. The van der Waals surface area contributed by atoms with Gasteiger partial charge in [-0.3, -0.25) is 4.79 Å². The Balaban J connectivity index is 1.35. The lowest BCUT2D eigenvalue weighted by atomic mass is 9.96. The maximum atomic E-state index is 13.1. The smallest absolute Gasteiger partial charge is 0.227 e. The van der Waals surface area contributed by atoms with E-state index in [2.05, 4.69) is 30.8 Å². The monoisotopic (exact) mass is 377 g/mol. The molecule has 0 aromatic carbocycles. The molecule has 4 rings (SSSR count). The first-order chi connectivity index (χ1) is 13.7. The van der Waals surface area contributed by atoms with Crippen molar-refractivity contribution in [2.24, 2.45) is 5.92 Å². The molecule has 1 amide bonds. The molecule has 4 heterocycles. The van der Waals surface area contributed by atoms with Crippen LogP contribution in [0.4, 0.5) is 11.8 Å². The van der Waals surface area contributed by atoms with Crippen molar-refractivity contribution in [3.8, 4) is 6.07 Å². The minimum Gasteiger partial charge on any atom is -0.353 e. The Bertz CT molecular complexity index is 858. The minimum absolute atomic E-state index is 0.0100. The fourth-order valence-corrected chi connectivity index (χ4v) is 3.89. The molecule has 144 valence electrons. The number of aromatic nitrogens is 3. The number of pyridine rings is 1. The summed E-state index contributed by atoms with van der Waals surface area (Å²) in [5, 5.41) is 9.06. The van der Waals surface area contributed by atoms with Crippen LogP contribution < -0.4 is 9.80 Å². The molecular formula is C20H23N7O. The number of anilines is 2. The van der Waals surface area contributed by atoms with E-state index in [0.29, 0.717) is 31.1 Å². The van der Waals surface area contributed by atoms with Gasteiger partial charge < -0.3 is 14.7 Å². The van der Waals surface area contributed by atoms with Gasteiger partial charge in [-0.25, -0.2) is 15.0 Å². The zero-order valence-corrected chi connectivity index (χ0v) is 15.7. The van der Waals surface area contributed by atoms with Gasteiger partial charge in [0.2, 0.25) is 11.9 Å². The van der Waals surface area contributed by atoms with Crippen molar-refractivity contribution in [1.82, 2.24) is 19.9 Å². The molecular weight excluding hydrogens is 354 g/mol. The van der Waals surface area contributed by atoms with Gasteiger partial charge >= 0.3 is 0 Å². The predicted molar refractivity (Wildman–Crippen MR) is 105 cm³/mol. The van der Waals surface area contributed by atoms with Gasteiger partial charge in [0.05, 0.1) is 17.6 Å². The summed E-state index contributed by atoms with van der Waals surface area (Å²) in [6.07, 6.45) is 7.02. The number of nitriles is 1. The Morgan fingerprint density at radius 3 is 2.57 bits per heavy atom. The van der Waals surface area contributed by atoms with Crippen molar-refractivity contribution in [3.63, 3.8) is 0 Å². The average Bonchev–Trinajstić information content (AvgIpc) is 2.79. The summed E-state index contributed by atoms with van der Waals surface area (Å²) in [5.74, 6) is 1.72. The highest BCUT2D eigenvalue weighted by molar-refractivity contribution is 5.80. The summed E-state index contributed by atoms with van der Waals surface area (Å²) in [6.45, 7) is 4.38. The predicted octanol–water partition coefficient (Wildman–Crippen LogP) is 1.31. The van der Waals surface area contributed by atoms with Crippen LogP contribution in [0.3, 0.4) is 0 Å². The zero-order valence-electron chi connectivity index (χ0n) is 15.7. The Morgan fingerprint density at radius 2 is 1.82 bits per heavy atom. The van der Waals surface area contributed by atoms with E-state index in [1.54, 1.807) is 36.8 Å². The van der Waals surface area contributed by atoms with Crippen molar-refractivity contribution in [2.75, 3.05) is 49.1 Å². The molecule has 2 saturated heterocycles. The highest BCUT2D eigenvalue weighted by Crippen LogP contribution is 2.23. The normalized spacial score (nSPS) is 20.0. The summed E-state index contributed by atoms with van der Waals surface area (Å²) < 4.78 is 0. The number of piperidine rings is 1. The number of nitrogens with zero attached hydrogens (tertiary/aromatic N) is 7. The number of piperazine rings is 1. The summed E-state index contributed by atoms with van der Waals surface area (Å²) >= 11 is 0. The molecule has 0 bridgehead atoms. The van der Waals surface area contributed by atoms with Crippen molar-refractivity contribution in [1.29, 1.82) is 5.26 Å². The standard InChI is InChI=1S/C20H23N7O/c21-14-16-4-7-22-18(13-16)25-9-11-26(12-10-25)19(28)17-3-1-8-27(15-17)20-23-5-2-6-24-20/h2,4-7,13,17H,1,3,8-12,15H2. The molecule has 2 aromatic heterocycles. The van der Waals surface area contributed by atoms with Crippen LogP contribution in [-0.2, 0) is 4.79 Å². The molecule has 28 heavy (non-hydrogen) atoms. The fraction of sp³-hybridized carbons (Fsp3) is 0.450. The molecule has 2 aliphatic rings. The summed E-state index contributed by atoms with van der Waals surface area (Å²) in [4.78, 5) is 32.3. The van der Waals surface area contributed by atoms with E-state index in [1.165, 1.54) is 0 Å². The van der Waals surface area contributed by atoms with Crippen LogP contribution in [0.1, 0.15) is 18.4 Å². The molecule has 1 atom stereocenters. The van der Waals surface area contributed by atoms with Crippen LogP contribution in [0.15, 0.2) is 36.8 Å². The first-order valence-corrected chi connectivity index (χ1v) is 9.66. The van der Waals surface area contributed by atoms with E-state index in [-0.39, 0.29) is 11.8 Å². The van der Waals surface area contributed by atoms with Crippen LogP contribution >= 0.6 is 0 Å². The minimum atomic E-state index is -0.0100. The number of amides is 1. The second kappa shape index (κ2) is 8.21. The third kappa shape index (κ3) is 3.88. The third-order valence-corrected chi connectivity index (χ3v) is 5.40. The van der Waals surface area contributed by atoms with Crippen molar-refractivity contribution in [2.45, 2.75) is 12.8 Å². The van der Waals surface area contributed by atoms with Crippen LogP contribution in [0.5, 0.6) is 0 Å². The Labute approximate surface area is 164 Å². The molecule has 8 heteroatoms. The Hall–Kier alpha value is -3.21. The number of hydrogen-bond donors (Lipinski definition) is 0. The van der Waals surface area contributed by atoms with E-state index in [0.717, 1.165) is 38.3 Å². The van der Waals surface area contributed by atoms with Gasteiger partial charge in [-0.2, -0.15) is 5.26 Å². The van der Waals surface area contributed by atoms with Crippen molar-refractivity contribution < 1.29 is 4.79 Å². The van der Waals surface area contributed by atoms with Gasteiger partial charge in [0, 0.05) is 57.9 Å². The van der Waals surface area contributed by atoms with Crippen LogP contribution in [-0.4, -0.2) is 65.0 Å². The molecule has 0 spiro atoms. The van der Waals surface area contributed by atoms with Crippen molar-refractivity contribution in [3.05, 3.63) is 42.4 Å². The van der Waals surface area contributed by atoms with E-state index in [4.69, 9.17) is 5.26 Å². The van der Waals surface area contributed by atoms with E-state index in [1.807, 2.05) is 4.90 Å². The number of carbonyl (C=O) groups is 1. The molecule has 2 aliphatic heterocycles. The molecule has 0 radical (unpaired) electrons. The quantitative estimate of drug-likeness (QED) is 0.797. The van der Waals surface area contributed by atoms with Gasteiger partial charge in [-0.1, -0.05) is 0 Å². The average molecular weight is 377 g/mol. The van der Waals surface area contributed by atoms with Crippen LogP contribution in [0.2, 0.25) is 0 Å². The summed E-state index contributed by atoms with van der Waals surface area (Å²) in [5.41, 5.74) is 0.605. The van der Waals surface area contributed by atoms with E-state index >= 15 is 0 Å². The second-order valence-corrected chi connectivity index (χ2v) is 7.16. The van der Waals surface area contributed by atoms with Gasteiger partial charge in [0.15, 0.2) is 0 Å². The molecule has 8 nitrogen and oxygen atoms in total. The number of carbonyl (C=O) groups excluding carboxylic acids is 1. The Kier molecular flexibility index (Phi) is 5.33. The van der Waals surface area contributed by atoms with E-state index in [9.17, 15) is 4.79 Å². The lowest BCUT2D eigenvalue weighted by molar-refractivity contribution is -0.136. The fourth-order valence-electron chi connectivity index (χ4n) is 3.89. The van der Waals surface area contributed by atoms with Gasteiger partial charge in [0.25, 0.3) is 0 Å². The van der Waals surface area contributed by atoms with Gasteiger partial charge in [-0.05, 0) is 31.0 Å². The largest absolute Gasteiger partial charge is 0.353 e. The van der Waals surface area contributed by atoms with Crippen LogP contribution in [0.25, 0.3) is 0 Å². The molecule has 1 unspecified atom stereocenters. The Morgan fingerprint density at radius 1 is 1.04 bits per heavy atom.